The fraction of sp³-hybridized carbons (Fsp3) is 0.902. The topological polar surface area (TPSA) is 308 Å². The second kappa shape index (κ2) is 32.1. The SMILES string of the molecule is CC(=O)OCC1O[C@@H](O[C@H]2C(COC(C)=O)O[C@@H](O[C@H]3C(COC(C)=O)O[C@@H](O[C@H]4C(COC(C)=O)O[C@@H](O[C@H]5C(COC(C)=O)O[C@@H](O[C@H]6C(COC(C)=O)O[C@@H](N=[N+]=[N-])C(C)[C@H]6C)C(C)[C@H]5C)C(C)[C@H]4C)C(C)[C@H]3C)C(C)[C@H]2C)C(C)[C@@H](C)[C@H]1C. The zero-order valence-electron chi connectivity index (χ0n) is 54.3. The van der Waals surface area contributed by atoms with Crippen molar-refractivity contribution < 1.29 is 109 Å². The lowest BCUT2D eigenvalue weighted by Crippen LogP contribution is -2.61. The summed E-state index contributed by atoms with van der Waals surface area (Å²) in [5.74, 6) is -6.08. The molecule has 6 rings (SSSR count). The van der Waals surface area contributed by atoms with E-state index in [1.54, 1.807) is 0 Å². The van der Waals surface area contributed by atoms with Crippen LogP contribution in [-0.2, 0) is 109 Å². The monoisotopic (exact) mass is 1240 g/mol. The van der Waals surface area contributed by atoms with Crippen LogP contribution in [0, 0.1) is 76.9 Å². The van der Waals surface area contributed by atoms with Gasteiger partial charge in [-0.2, -0.15) is 0 Å². The van der Waals surface area contributed by atoms with Crippen molar-refractivity contribution in [1.29, 1.82) is 0 Å². The third-order valence-electron chi connectivity index (χ3n) is 19.6. The summed E-state index contributed by atoms with van der Waals surface area (Å²) in [5.41, 5.74) is 9.28. The van der Waals surface area contributed by atoms with Gasteiger partial charge in [-0.1, -0.05) is 95.1 Å². The molecule has 496 valence electrons. The van der Waals surface area contributed by atoms with Gasteiger partial charge in [-0.25, -0.2) is 0 Å². The van der Waals surface area contributed by atoms with Crippen LogP contribution in [0.4, 0.5) is 0 Å². The smallest absolute Gasteiger partial charge is 0.302 e. The Morgan fingerprint density at radius 2 is 0.506 bits per heavy atom. The summed E-state index contributed by atoms with van der Waals surface area (Å²) >= 11 is 0. The van der Waals surface area contributed by atoms with E-state index in [0.29, 0.717) is 0 Å². The highest BCUT2D eigenvalue weighted by molar-refractivity contribution is 5.67. The van der Waals surface area contributed by atoms with Gasteiger partial charge in [-0.3, -0.25) is 28.8 Å². The predicted octanol–water partition coefficient (Wildman–Crippen LogP) is 7.22. The number of esters is 6. The summed E-state index contributed by atoms with van der Waals surface area (Å²) in [7, 11) is 0. The average molecular weight is 1240 g/mol. The largest absolute Gasteiger partial charge is 0.463 e. The highest BCUT2D eigenvalue weighted by Crippen LogP contribution is 2.46. The quantitative estimate of drug-likeness (QED) is 0.0320. The number of hydrogen-bond donors (Lipinski definition) is 0. The third kappa shape index (κ3) is 18.2. The molecule has 0 N–H and O–H groups in total. The summed E-state index contributed by atoms with van der Waals surface area (Å²) in [6.07, 6.45) is -13.3. The number of ether oxygens (including phenoxy) is 17. The molecule has 0 radical (unpaired) electrons. The lowest BCUT2D eigenvalue weighted by Gasteiger charge is -2.52. The van der Waals surface area contributed by atoms with Crippen molar-refractivity contribution in [2.24, 2.45) is 82.0 Å². The zero-order chi connectivity index (χ0) is 64.5. The van der Waals surface area contributed by atoms with Crippen LogP contribution in [0.5, 0.6) is 0 Å². The summed E-state index contributed by atoms with van der Waals surface area (Å²) in [5, 5.41) is 3.84. The Morgan fingerprint density at radius 3 is 0.747 bits per heavy atom. The molecule has 0 spiro atoms. The number of carbonyl (C=O) groups is 6. The Balaban J connectivity index is 1.20. The highest BCUT2D eigenvalue weighted by Gasteiger charge is 2.55. The molecule has 26 heteroatoms. The van der Waals surface area contributed by atoms with Gasteiger partial charge in [-0.05, 0) is 52.9 Å². The molecule has 87 heavy (non-hydrogen) atoms. The highest BCUT2D eigenvalue weighted by atomic mass is 16.8. The van der Waals surface area contributed by atoms with Gasteiger partial charge in [0.2, 0.25) is 0 Å². The molecule has 0 saturated carbocycles. The van der Waals surface area contributed by atoms with E-state index in [1.165, 1.54) is 41.5 Å². The Labute approximate surface area is 512 Å². The molecular formula is C61H99N3O23. The van der Waals surface area contributed by atoms with E-state index in [4.69, 9.17) is 80.5 Å². The Bertz CT molecular complexity index is 2350. The van der Waals surface area contributed by atoms with Crippen LogP contribution in [0.1, 0.15) is 132 Å². The van der Waals surface area contributed by atoms with Gasteiger partial charge in [0.1, 0.15) is 76.4 Å². The Hall–Kier alpha value is -4.31. The summed E-state index contributed by atoms with van der Waals surface area (Å²) in [4.78, 5) is 76.4. The third-order valence-corrected chi connectivity index (χ3v) is 19.6. The molecule has 0 amide bonds. The molecule has 26 nitrogen and oxygen atoms in total. The van der Waals surface area contributed by atoms with Crippen molar-refractivity contribution >= 4 is 35.8 Å². The number of rotatable bonds is 23. The van der Waals surface area contributed by atoms with Crippen LogP contribution in [-0.4, -0.2) is 180 Å². The van der Waals surface area contributed by atoms with Crippen molar-refractivity contribution in [3.05, 3.63) is 10.4 Å². The molecule has 0 bridgehead atoms. The summed E-state index contributed by atoms with van der Waals surface area (Å²) in [6.45, 7) is 32.9. The molecule has 0 aromatic carbocycles. The standard InChI is InChI=1S/C61H99N3O23/c1-26-27(2)45(20-71-39(14)65)78-57(34(26)9)84-52-29(4)36(11)59(80-47(52)22-73-41(16)67)86-54-31(6)38(13)61(82-49(54)24-75-43(18)69)87-55-32(7)37(12)60(81-50(55)25-76-44(19)70)85-53-30(5)35(10)58(79-48(53)23-74-42(17)68)83-51-28(3)33(8)56(63-64-62)77-46(51)21-72-40(15)66/h26-38,45-61H,20-25H2,1-19H3/t26-,27+,28+,29+,30+,31+,32+,33?,34?,35?,36?,37?,38?,45?,46?,47?,48?,49?,50?,51+,52+,53+,54+,55+,56+,57-,58-,59-,60-,61-/m0/s1. The first-order chi connectivity index (χ1) is 40.9. The first kappa shape index (κ1) is 71.8. The fourth-order valence-electron chi connectivity index (χ4n) is 12.7. The maximum absolute atomic E-state index is 12.5. The summed E-state index contributed by atoms with van der Waals surface area (Å²) < 4.78 is 107. The Morgan fingerprint density at radius 1 is 0.299 bits per heavy atom. The van der Waals surface area contributed by atoms with Gasteiger partial charge in [0.25, 0.3) is 0 Å². The molecule has 0 aliphatic carbocycles. The van der Waals surface area contributed by atoms with Gasteiger partial charge in [0, 0.05) is 76.0 Å². The first-order valence-electron chi connectivity index (χ1n) is 31.0. The minimum atomic E-state index is -0.929. The maximum Gasteiger partial charge on any atom is 0.302 e. The number of carbonyl (C=O) groups excluding carboxylic acids is 6. The average Bonchev–Trinajstić information content (AvgIpc) is 1.14. The molecule has 12 unspecified atom stereocenters. The second-order valence-corrected chi connectivity index (χ2v) is 25.5. The van der Waals surface area contributed by atoms with E-state index in [2.05, 4.69) is 30.8 Å². The zero-order valence-corrected chi connectivity index (χ0v) is 54.3. The predicted molar refractivity (Wildman–Crippen MR) is 304 cm³/mol. The van der Waals surface area contributed by atoms with Crippen LogP contribution in [0.2, 0.25) is 0 Å². The number of nitrogens with zero attached hydrogens (tertiary/aromatic N) is 3. The Kier molecular flexibility index (Phi) is 26.5. The van der Waals surface area contributed by atoms with E-state index in [0.717, 1.165) is 0 Å². The molecular weight excluding hydrogens is 1140 g/mol. The van der Waals surface area contributed by atoms with Gasteiger partial charge in [0.15, 0.2) is 31.5 Å². The van der Waals surface area contributed by atoms with Crippen molar-refractivity contribution in [1.82, 2.24) is 0 Å². The molecule has 6 fully saturated rings. The minimum Gasteiger partial charge on any atom is -0.463 e. The fourth-order valence-corrected chi connectivity index (χ4v) is 12.7. The second-order valence-electron chi connectivity index (χ2n) is 25.5. The van der Waals surface area contributed by atoms with E-state index in [-0.39, 0.29) is 117 Å². The molecule has 6 aliphatic heterocycles. The van der Waals surface area contributed by atoms with Crippen LogP contribution < -0.4 is 0 Å². The number of hydrogen-bond acceptors (Lipinski definition) is 24. The normalized spacial score (nSPS) is 43.2. The van der Waals surface area contributed by atoms with Crippen molar-refractivity contribution in [3.8, 4) is 0 Å². The van der Waals surface area contributed by atoms with Crippen LogP contribution in [0.15, 0.2) is 5.11 Å². The minimum absolute atomic E-state index is 0.0539. The van der Waals surface area contributed by atoms with Gasteiger partial charge in [-0.15, -0.1) is 0 Å². The molecule has 6 saturated heterocycles. The van der Waals surface area contributed by atoms with E-state index >= 15 is 0 Å². The van der Waals surface area contributed by atoms with Gasteiger partial charge >= 0.3 is 35.8 Å². The molecule has 0 aromatic rings. The lowest BCUT2D eigenvalue weighted by molar-refractivity contribution is -0.370. The van der Waals surface area contributed by atoms with Crippen LogP contribution >= 0.6 is 0 Å². The van der Waals surface area contributed by atoms with Crippen LogP contribution in [0.25, 0.3) is 10.4 Å². The van der Waals surface area contributed by atoms with E-state index in [9.17, 15) is 34.3 Å². The van der Waals surface area contributed by atoms with Crippen LogP contribution in [0.3, 0.4) is 0 Å². The van der Waals surface area contributed by atoms with Crippen molar-refractivity contribution in [2.45, 2.75) is 236 Å². The molecule has 6 aliphatic rings. The molecule has 30 atom stereocenters. The van der Waals surface area contributed by atoms with Crippen molar-refractivity contribution in [2.75, 3.05) is 39.6 Å². The van der Waals surface area contributed by atoms with E-state index in [1.807, 2.05) is 69.2 Å². The van der Waals surface area contributed by atoms with E-state index < -0.39 is 141 Å². The first-order valence-corrected chi connectivity index (χ1v) is 31.0. The maximum atomic E-state index is 12.5. The summed E-state index contributed by atoms with van der Waals surface area (Å²) in [6, 6.07) is 0. The lowest BCUT2D eigenvalue weighted by atomic mass is 9.78. The van der Waals surface area contributed by atoms with Gasteiger partial charge in [0.05, 0.1) is 36.6 Å². The number of azide groups is 1. The molecule has 6 heterocycles. The molecule has 0 aromatic heterocycles. The van der Waals surface area contributed by atoms with Gasteiger partial charge < -0.3 is 80.5 Å². The van der Waals surface area contributed by atoms with Crippen molar-refractivity contribution in [3.63, 3.8) is 0 Å².